The number of anilines is 2. The fraction of sp³-hybridized carbons (Fsp3) is 0.421. The zero-order chi connectivity index (χ0) is 18.2. The number of carbonyl (C=O) groups excluding carboxylic acids is 1. The van der Waals surface area contributed by atoms with E-state index < -0.39 is 0 Å². The molecule has 0 aliphatic heterocycles. The van der Waals surface area contributed by atoms with E-state index in [9.17, 15) is 4.79 Å². The highest BCUT2D eigenvalue weighted by atomic mass is 16.5. The zero-order valence-electron chi connectivity index (χ0n) is 15.4. The number of rotatable bonds is 8. The Kier molecular flexibility index (Phi) is 6.74. The van der Waals surface area contributed by atoms with Crippen molar-refractivity contribution in [2.75, 3.05) is 30.4 Å². The average Bonchev–Trinajstić information content (AvgIpc) is 2.61. The summed E-state index contributed by atoms with van der Waals surface area (Å²) in [5.41, 5.74) is 1.03. The zero-order valence-corrected chi connectivity index (χ0v) is 15.4. The number of hydrogen-bond acceptors (Lipinski definition) is 5. The molecule has 6 heteroatoms. The van der Waals surface area contributed by atoms with Crippen LogP contribution in [-0.4, -0.2) is 36.1 Å². The van der Waals surface area contributed by atoms with E-state index in [-0.39, 0.29) is 5.91 Å². The number of methoxy groups -OCH3 is 1. The molecule has 6 nitrogen and oxygen atoms in total. The average molecular weight is 342 g/mol. The largest absolute Gasteiger partial charge is 0.497 e. The SMILES string of the molecule is CCCN(CCC)c1cc(C(=O)Nc2cccc(OC)c2)nc(C)n1. The summed E-state index contributed by atoms with van der Waals surface area (Å²) in [5, 5.41) is 2.86. The molecule has 0 atom stereocenters. The molecule has 0 radical (unpaired) electrons. The van der Waals surface area contributed by atoms with Crippen molar-refractivity contribution >= 4 is 17.4 Å². The highest BCUT2D eigenvalue weighted by Gasteiger charge is 2.14. The number of benzene rings is 1. The van der Waals surface area contributed by atoms with Crippen LogP contribution in [-0.2, 0) is 0 Å². The highest BCUT2D eigenvalue weighted by molar-refractivity contribution is 6.03. The normalized spacial score (nSPS) is 10.4. The Morgan fingerprint density at radius 2 is 1.88 bits per heavy atom. The molecule has 134 valence electrons. The van der Waals surface area contributed by atoms with Gasteiger partial charge in [0, 0.05) is 30.9 Å². The third kappa shape index (κ3) is 5.17. The van der Waals surface area contributed by atoms with Crippen molar-refractivity contribution in [1.82, 2.24) is 9.97 Å². The molecule has 2 rings (SSSR count). The van der Waals surface area contributed by atoms with Crippen LogP contribution in [0.2, 0.25) is 0 Å². The lowest BCUT2D eigenvalue weighted by Gasteiger charge is -2.23. The molecule has 0 unspecified atom stereocenters. The van der Waals surface area contributed by atoms with Crippen molar-refractivity contribution in [3.8, 4) is 5.75 Å². The van der Waals surface area contributed by atoms with Gasteiger partial charge in [0.2, 0.25) is 0 Å². The van der Waals surface area contributed by atoms with E-state index in [4.69, 9.17) is 4.74 Å². The van der Waals surface area contributed by atoms with Crippen molar-refractivity contribution in [3.05, 3.63) is 41.9 Å². The Balaban J connectivity index is 2.24. The number of amides is 1. The molecule has 0 spiro atoms. The molecule has 1 N–H and O–H groups in total. The third-order valence-electron chi connectivity index (χ3n) is 3.70. The van der Waals surface area contributed by atoms with Crippen LogP contribution in [0, 0.1) is 6.92 Å². The smallest absolute Gasteiger partial charge is 0.274 e. The topological polar surface area (TPSA) is 67.4 Å². The van der Waals surface area contributed by atoms with Crippen molar-refractivity contribution in [2.45, 2.75) is 33.6 Å². The first-order valence-electron chi connectivity index (χ1n) is 8.63. The Morgan fingerprint density at radius 1 is 1.16 bits per heavy atom. The summed E-state index contributed by atoms with van der Waals surface area (Å²) in [6, 6.07) is 9.00. The summed E-state index contributed by atoms with van der Waals surface area (Å²) in [6.45, 7) is 7.88. The Morgan fingerprint density at radius 3 is 2.52 bits per heavy atom. The quantitative estimate of drug-likeness (QED) is 0.793. The molecule has 1 amide bonds. The summed E-state index contributed by atoms with van der Waals surface area (Å²) >= 11 is 0. The van der Waals surface area contributed by atoms with Gasteiger partial charge in [-0.3, -0.25) is 4.79 Å². The summed E-state index contributed by atoms with van der Waals surface area (Å²) in [5.74, 6) is 1.82. The molecule has 2 aromatic rings. The summed E-state index contributed by atoms with van der Waals surface area (Å²) in [6.07, 6.45) is 2.04. The molecular weight excluding hydrogens is 316 g/mol. The van der Waals surface area contributed by atoms with Crippen LogP contribution in [0.4, 0.5) is 11.5 Å². The first-order chi connectivity index (χ1) is 12.1. The predicted octanol–water partition coefficient (Wildman–Crippen LogP) is 3.67. The second kappa shape index (κ2) is 9.01. The van der Waals surface area contributed by atoms with Gasteiger partial charge in [-0.1, -0.05) is 19.9 Å². The van der Waals surface area contributed by atoms with Crippen LogP contribution in [0.15, 0.2) is 30.3 Å². The van der Waals surface area contributed by atoms with Crippen molar-refractivity contribution in [1.29, 1.82) is 0 Å². The van der Waals surface area contributed by atoms with E-state index in [2.05, 4.69) is 34.0 Å². The Hall–Kier alpha value is -2.63. The number of nitrogens with zero attached hydrogens (tertiary/aromatic N) is 3. The minimum absolute atomic E-state index is 0.257. The van der Waals surface area contributed by atoms with Crippen LogP contribution in [0.1, 0.15) is 43.0 Å². The molecule has 0 saturated heterocycles. The summed E-state index contributed by atoms with van der Waals surface area (Å²) in [7, 11) is 1.59. The molecule has 1 aromatic heterocycles. The number of hydrogen-bond donors (Lipinski definition) is 1. The van der Waals surface area contributed by atoms with E-state index in [0.29, 0.717) is 23.0 Å². The first-order valence-corrected chi connectivity index (χ1v) is 8.63. The fourth-order valence-electron chi connectivity index (χ4n) is 2.61. The summed E-state index contributed by atoms with van der Waals surface area (Å²) in [4.78, 5) is 23.6. The molecule has 0 bridgehead atoms. The maximum atomic E-state index is 12.6. The van der Waals surface area contributed by atoms with Crippen LogP contribution >= 0.6 is 0 Å². The molecule has 0 fully saturated rings. The van der Waals surface area contributed by atoms with Gasteiger partial charge in [-0.05, 0) is 31.9 Å². The van der Waals surface area contributed by atoms with E-state index >= 15 is 0 Å². The van der Waals surface area contributed by atoms with Gasteiger partial charge in [0.25, 0.3) is 5.91 Å². The third-order valence-corrected chi connectivity index (χ3v) is 3.70. The number of ether oxygens (including phenoxy) is 1. The van der Waals surface area contributed by atoms with Gasteiger partial charge in [-0.15, -0.1) is 0 Å². The lowest BCUT2D eigenvalue weighted by Crippen LogP contribution is -2.27. The lowest BCUT2D eigenvalue weighted by atomic mass is 10.2. The van der Waals surface area contributed by atoms with Crippen molar-refractivity contribution in [3.63, 3.8) is 0 Å². The van der Waals surface area contributed by atoms with Crippen molar-refractivity contribution in [2.24, 2.45) is 0 Å². The maximum Gasteiger partial charge on any atom is 0.274 e. The van der Waals surface area contributed by atoms with Crippen LogP contribution in [0.25, 0.3) is 0 Å². The van der Waals surface area contributed by atoms with Crippen LogP contribution < -0.4 is 15.0 Å². The van der Waals surface area contributed by atoms with Gasteiger partial charge >= 0.3 is 0 Å². The molecular formula is C19H26N4O2. The van der Waals surface area contributed by atoms with Gasteiger partial charge in [-0.2, -0.15) is 0 Å². The number of aromatic nitrogens is 2. The van der Waals surface area contributed by atoms with Gasteiger partial charge in [0.1, 0.15) is 23.1 Å². The van der Waals surface area contributed by atoms with Crippen LogP contribution in [0.5, 0.6) is 5.75 Å². The molecule has 1 heterocycles. The Labute approximate surface area is 149 Å². The first kappa shape index (κ1) is 18.7. The van der Waals surface area contributed by atoms with Crippen molar-refractivity contribution < 1.29 is 9.53 Å². The highest BCUT2D eigenvalue weighted by Crippen LogP contribution is 2.19. The number of carbonyl (C=O) groups is 1. The predicted molar refractivity (Wildman–Crippen MR) is 101 cm³/mol. The van der Waals surface area contributed by atoms with Gasteiger partial charge in [0.15, 0.2) is 0 Å². The van der Waals surface area contributed by atoms with E-state index in [1.165, 1.54) is 0 Å². The lowest BCUT2D eigenvalue weighted by molar-refractivity contribution is 0.102. The summed E-state index contributed by atoms with van der Waals surface area (Å²) < 4.78 is 5.18. The minimum Gasteiger partial charge on any atom is -0.497 e. The minimum atomic E-state index is -0.257. The molecule has 1 aromatic carbocycles. The second-order valence-corrected chi connectivity index (χ2v) is 5.83. The van der Waals surface area contributed by atoms with Crippen LogP contribution in [0.3, 0.4) is 0 Å². The monoisotopic (exact) mass is 342 g/mol. The van der Waals surface area contributed by atoms with Gasteiger partial charge in [0.05, 0.1) is 7.11 Å². The molecule has 0 aliphatic rings. The Bertz CT molecular complexity index is 712. The van der Waals surface area contributed by atoms with Gasteiger partial charge in [-0.25, -0.2) is 9.97 Å². The maximum absolute atomic E-state index is 12.6. The number of nitrogens with one attached hydrogen (secondary N) is 1. The van der Waals surface area contributed by atoms with E-state index in [0.717, 1.165) is 31.7 Å². The van der Waals surface area contributed by atoms with E-state index in [1.54, 1.807) is 19.2 Å². The fourth-order valence-corrected chi connectivity index (χ4v) is 2.61. The molecule has 0 aliphatic carbocycles. The number of aryl methyl sites for hydroxylation is 1. The van der Waals surface area contributed by atoms with Gasteiger partial charge < -0.3 is 15.0 Å². The standard InChI is InChI=1S/C19H26N4O2/c1-5-10-23(11-6-2)18-13-17(20-14(3)21-18)19(24)22-15-8-7-9-16(12-15)25-4/h7-9,12-13H,5-6,10-11H2,1-4H3,(H,22,24). The second-order valence-electron chi connectivity index (χ2n) is 5.83. The molecule has 0 saturated carbocycles. The molecule has 25 heavy (non-hydrogen) atoms. The van der Waals surface area contributed by atoms with E-state index in [1.807, 2.05) is 25.1 Å².